The van der Waals surface area contributed by atoms with Gasteiger partial charge in [0.05, 0.1) is 6.61 Å². The van der Waals surface area contributed by atoms with Crippen LogP contribution in [0.4, 0.5) is 5.69 Å². The molecular weight excluding hydrogens is 416 g/mol. The van der Waals surface area contributed by atoms with Crippen LogP contribution in [0.15, 0.2) is 48.7 Å². The number of benzene rings is 2. The average Bonchev–Trinajstić information content (AvgIpc) is 3.07. The van der Waals surface area contributed by atoms with Crippen molar-refractivity contribution in [2.75, 3.05) is 18.5 Å². The molecule has 0 spiro atoms. The van der Waals surface area contributed by atoms with E-state index in [-0.39, 0.29) is 36.5 Å². The summed E-state index contributed by atoms with van der Waals surface area (Å²) in [7, 11) is 1.91. The average molecular weight is 443 g/mol. The number of carbonyl (C=O) groups is 2. The van der Waals surface area contributed by atoms with Gasteiger partial charge in [0.25, 0.3) is 0 Å². The quantitative estimate of drug-likeness (QED) is 0.203. The summed E-state index contributed by atoms with van der Waals surface area (Å²) in [5.74, 6) is -0.239. The van der Waals surface area contributed by atoms with Crippen LogP contribution in [0.5, 0.6) is 0 Å². The number of ketones is 1. The molecular formula is C23H27ClN4O3. The minimum atomic E-state index is -0.322. The van der Waals surface area contributed by atoms with Gasteiger partial charge in [0.2, 0.25) is 0 Å². The molecule has 0 atom stereocenters. The SMILES string of the molecule is CCOC(=O)CNc1ccc2c(c1)c(C(=O)CCc1ccc(C(=N)N)cc1)cn2C.Cl. The molecule has 0 fully saturated rings. The van der Waals surface area contributed by atoms with Gasteiger partial charge >= 0.3 is 5.97 Å². The second kappa shape index (κ2) is 10.6. The molecule has 4 N–H and O–H groups in total. The molecule has 0 radical (unpaired) electrons. The maximum atomic E-state index is 12.9. The fourth-order valence-corrected chi connectivity index (χ4v) is 3.35. The first kappa shape index (κ1) is 24.0. The molecule has 164 valence electrons. The number of nitrogens with zero attached hydrogens (tertiary/aromatic N) is 1. The number of fused-ring (bicyclic) bond motifs is 1. The highest BCUT2D eigenvalue weighted by atomic mass is 35.5. The zero-order valence-corrected chi connectivity index (χ0v) is 18.4. The molecule has 0 aliphatic carbocycles. The number of nitrogens with two attached hydrogens (primary N) is 1. The zero-order chi connectivity index (χ0) is 21.7. The molecule has 31 heavy (non-hydrogen) atoms. The Kier molecular flexibility index (Phi) is 8.22. The van der Waals surface area contributed by atoms with Crippen molar-refractivity contribution in [3.63, 3.8) is 0 Å². The van der Waals surface area contributed by atoms with E-state index in [1.807, 2.05) is 48.1 Å². The van der Waals surface area contributed by atoms with Crippen molar-refractivity contribution < 1.29 is 14.3 Å². The molecule has 0 aliphatic rings. The summed E-state index contributed by atoms with van der Waals surface area (Å²) in [5.41, 5.74) is 9.54. The Bertz CT molecular complexity index is 1090. The van der Waals surface area contributed by atoms with Crippen molar-refractivity contribution in [3.8, 4) is 0 Å². The van der Waals surface area contributed by atoms with Gasteiger partial charge in [0, 0.05) is 47.4 Å². The molecule has 0 amide bonds. The molecule has 0 saturated carbocycles. The third-order valence-electron chi connectivity index (χ3n) is 4.94. The molecule has 3 rings (SSSR count). The van der Waals surface area contributed by atoms with E-state index in [0.29, 0.717) is 30.6 Å². The first-order valence-electron chi connectivity index (χ1n) is 9.84. The van der Waals surface area contributed by atoms with Gasteiger partial charge in [0.15, 0.2) is 5.78 Å². The van der Waals surface area contributed by atoms with E-state index in [1.165, 1.54) is 0 Å². The van der Waals surface area contributed by atoms with Crippen LogP contribution >= 0.6 is 12.4 Å². The van der Waals surface area contributed by atoms with Crippen LogP contribution in [-0.4, -0.2) is 35.3 Å². The van der Waals surface area contributed by atoms with Crippen LogP contribution in [0.2, 0.25) is 0 Å². The van der Waals surface area contributed by atoms with E-state index in [9.17, 15) is 9.59 Å². The highest BCUT2D eigenvalue weighted by Crippen LogP contribution is 2.26. The van der Waals surface area contributed by atoms with E-state index < -0.39 is 0 Å². The molecule has 2 aromatic carbocycles. The Morgan fingerprint density at radius 1 is 1.16 bits per heavy atom. The highest BCUT2D eigenvalue weighted by molar-refractivity contribution is 6.09. The number of ether oxygens (including phenoxy) is 1. The summed E-state index contributed by atoms with van der Waals surface area (Å²) in [5, 5.41) is 11.3. The van der Waals surface area contributed by atoms with Gasteiger partial charge in [-0.3, -0.25) is 15.0 Å². The minimum Gasteiger partial charge on any atom is -0.465 e. The molecule has 7 nitrogen and oxygen atoms in total. The second-order valence-corrected chi connectivity index (χ2v) is 7.08. The number of amidine groups is 1. The summed E-state index contributed by atoms with van der Waals surface area (Å²) in [6.07, 6.45) is 2.83. The number of aryl methyl sites for hydroxylation is 2. The molecule has 0 saturated heterocycles. The lowest BCUT2D eigenvalue weighted by molar-refractivity contribution is -0.140. The van der Waals surface area contributed by atoms with Gasteiger partial charge < -0.3 is 20.4 Å². The Morgan fingerprint density at radius 2 is 1.87 bits per heavy atom. The predicted octanol–water partition coefficient (Wildman–Crippen LogP) is 3.67. The zero-order valence-electron chi connectivity index (χ0n) is 17.6. The first-order valence-corrected chi connectivity index (χ1v) is 9.84. The van der Waals surface area contributed by atoms with Gasteiger partial charge in [0.1, 0.15) is 12.4 Å². The van der Waals surface area contributed by atoms with Crippen molar-refractivity contribution in [1.29, 1.82) is 5.41 Å². The van der Waals surface area contributed by atoms with Crippen molar-refractivity contribution >= 4 is 46.6 Å². The summed E-state index contributed by atoms with van der Waals surface area (Å²) in [6.45, 7) is 2.18. The number of carbonyl (C=O) groups excluding carboxylic acids is 2. The predicted molar refractivity (Wildman–Crippen MR) is 125 cm³/mol. The fraction of sp³-hybridized carbons (Fsp3) is 0.261. The lowest BCUT2D eigenvalue weighted by atomic mass is 10.0. The van der Waals surface area contributed by atoms with Crippen molar-refractivity contribution in [2.45, 2.75) is 19.8 Å². The number of Topliss-reactive ketones (excluding diaryl/α,β-unsaturated/α-hetero) is 1. The Morgan fingerprint density at radius 3 is 2.52 bits per heavy atom. The van der Waals surface area contributed by atoms with E-state index in [4.69, 9.17) is 15.9 Å². The Hall–Kier alpha value is -3.32. The Balaban J connectivity index is 0.00000341. The Labute approximate surface area is 187 Å². The molecule has 1 aromatic heterocycles. The number of esters is 1. The largest absolute Gasteiger partial charge is 0.465 e. The molecule has 0 unspecified atom stereocenters. The van der Waals surface area contributed by atoms with Crippen molar-refractivity contribution in [2.24, 2.45) is 12.8 Å². The fourth-order valence-electron chi connectivity index (χ4n) is 3.35. The van der Waals surface area contributed by atoms with Gasteiger partial charge in [-0.15, -0.1) is 12.4 Å². The van der Waals surface area contributed by atoms with Crippen molar-refractivity contribution in [3.05, 3.63) is 65.4 Å². The molecule has 0 bridgehead atoms. The van der Waals surface area contributed by atoms with Gasteiger partial charge in [-0.25, -0.2) is 0 Å². The van der Waals surface area contributed by atoms with Crippen LogP contribution in [0, 0.1) is 5.41 Å². The minimum absolute atomic E-state index is 0. The lowest BCUT2D eigenvalue weighted by Crippen LogP contribution is -2.16. The number of rotatable bonds is 9. The van der Waals surface area contributed by atoms with Gasteiger partial charge in [-0.2, -0.15) is 0 Å². The molecule has 1 heterocycles. The number of halogens is 1. The lowest BCUT2D eigenvalue weighted by Gasteiger charge is -2.07. The van der Waals surface area contributed by atoms with E-state index >= 15 is 0 Å². The van der Waals surface area contributed by atoms with E-state index in [1.54, 1.807) is 19.1 Å². The highest BCUT2D eigenvalue weighted by Gasteiger charge is 2.15. The maximum absolute atomic E-state index is 12.9. The molecule has 0 aliphatic heterocycles. The van der Waals surface area contributed by atoms with E-state index in [2.05, 4.69) is 5.32 Å². The number of hydrogen-bond donors (Lipinski definition) is 3. The van der Waals surface area contributed by atoms with Gasteiger partial charge in [-0.1, -0.05) is 24.3 Å². The first-order chi connectivity index (χ1) is 14.4. The maximum Gasteiger partial charge on any atom is 0.325 e. The molecule has 8 heteroatoms. The normalized spacial score (nSPS) is 10.4. The number of aromatic nitrogens is 1. The number of hydrogen-bond acceptors (Lipinski definition) is 5. The van der Waals surface area contributed by atoms with Gasteiger partial charge in [-0.05, 0) is 37.1 Å². The number of anilines is 1. The number of nitrogens with one attached hydrogen (secondary N) is 2. The van der Waals surface area contributed by atoms with Crippen LogP contribution < -0.4 is 11.1 Å². The topological polar surface area (TPSA) is 110 Å². The third-order valence-corrected chi connectivity index (χ3v) is 4.94. The number of nitrogen functional groups attached to an aromatic ring is 1. The van der Waals surface area contributed by atoms with Crippen LogP contribution in [0.3, 0.4) is 0 Å². The standard InChI is InChI=1S/C23H26N4O3.ClH/c1-3-30-22(29)13-26-17-9-10-20-18(12-17)19(14-27(20)2)21(28)11-6-15-4-7-16(8-5-15)23(24)25;/h4-5,7-10,12,14,26H,3,6,11,13H2,1-2H3,(H3,24,25);1H. The molecule has 3 aromatic rings. The summed E-state index contributed by atoms with van der Waals surface area (Å²) < 4.78 is 6.86. The van der Waals surface area contributed by atoms with Crippen molar-refractivity contribution in [1.82, 2.24) is 4.57 Å². The summed E-state index contributed by atoms with van der Waals surface area (Å²) in [4.78, 5) is 24.5. The van der Waals surface area contributed by atoms with E-state index in [0.717, 1.165) is 22.2 Å². The monoisotopic (exact) mass is 442 g/mol. The van der Waals surface area contributed by atoms with Crippen LogP contribution in [-0.2, 0) is 23.0 Å². The second-order valence-electron chi connectivity index (χ2n) is 7.08. The van der Waals surface area contributed by atoms with Crippen LogP contribution in [0.25, 0.3) is 10.9 Å². The summed E-state index contributed by atoms with van der Waals surface area (Å²) >= 11 is 0. The summed E-state index contributed by atoms with van der Waals surface area (Å²) in [6, 6.07) is 13.1. The third kappa shape index (κ3) is 5.86. The van der Waals surface area contributed by atoms with Crippen LogP contribution in [0.1, 0.15) is 34.8 Å². The smallest absolute Gasteiger partial charge is 0.325 e.